The molecule has 0 aliphatic heterocycles. The number of hydrogen-bond donors (Lipinski definition) is 1. The topological polar surface area (TPSA) is 176 Å². The second-order valence-electron chi connectivity index (χ2n) is 9.85. The van der Waals surface area contributed by atoms with Gasteiger partial charge in [-0.15, -0.1) is 0 Å². The van der Waals surface area contributed by atoms with Gasteiger partial charge in [-0.1, -0.05) is 0 Å². The van der Waals surface area contributed by atoms with E-state index in [0.717, 1.165) is 43.3 Å². The molecule has 0 spiro atoms. The maximum absolute atomic E-state index is 13.6. The second-order valence-corrected chi connectivity index (χ2v) is 13.6. The van der Waals surface area contributed by atoms with Gasteiger partial charge in [-0.05, 0) is 67.5 Å². The van der Waals surface area contributed by atoms with Crippen LogP contribution in [0, 0.1) is 31.9 Å². The molecule has 15 heteroatoms. The zero-order chi connectivity index (χ0) is 30.9. The number of hydrogen-bond acceptors (Lipinski definition) is 7. The molecule has 11 nitrogen and oxygen atoms in total. The van der Waals surface area contributed by atoms with Crippen LogP contribution in [0.4, 0.5) is 20.2 Å². The Morgan fingerprint density at radius 3 is 1.49 bits per heavy atom. The number of nitrogens with zero attached hydrogens (tertiary/aromatic N) is 3. The van der Waals surface area contributed by atoms with Crippen LogP contribution in [0.3, 0.4) is 0 Å². The third kappa shape index (κ3) is 12.4. The number of nitrogens with two attached hydrogens (primary N) is 1. The SMILES string of the molecule is CC(=N[S@](=O)C(C)(C)C)c1cc([N+](=O)[O-])ccc1F.CC(=O)c1cc([N+](=O)[O-])ccc1F.CC(C)(C)[S@](N)=O. The molecule has 0 aliphatic rings. The first kappa shape index (κ1) is 35.7. The molecule has 0 unspecified atom stereocenters. The van der Waals surface area contributed by atoms with Crippen LogP contribution in [-0.4, -0.2) is 39.3 Å². The van der Waals surface area contributed by atoms with Crippen molar-refractivity contribution in [2.24, 2.45) is 9.54 Å². The summed E-state index contributed by atoms with van der Waals surface area (Å²) in [6.07, 6.45) is 0. The summed E-state index contributed by atoms with van der Waals surface area (Å²) in [5.41, 5.74) is -0.602. The Kier molecular flexibility index (Phi) is 13.5. The summed E-state index contributed by atoms with van der Waals surface area (Å²) < 4.78 is 51.8. The molecule has 0 heterocycles. The van der Waals surface area contributed by atoms with Crippen LogP contribution in [0.2, 0.25) is 0 Å². The molecule has 2 atom stereocenters. The van der Waals surface area contributed by atoms with E-state index in [4.69, 9.17) is 5.14 Å². The van der Waals surface area contributed by atoms with Crippen molar-refractivity contribution >= 4 is 44.8 Å². The molecule has 2 aromatic carbocycles. The number of nitro groups is 2. The number of halogens is 2. The van der Waals surface area contributed by atoms with Crippen LogP contribution in [0.25, 0.3) is 0 Å². The van der Waals surface area contributed by atoms with Gasteiger partial charge in [0.25, 0.3) is 11.4 Å². The quantitative estimate of drug-likeness (QED) is 0.211. The third-order valence-corrected chi connectivity index (χ3v) is 7.13. The third-order valence-electron chi connectivity index (χ3n) is 4.44. The maximum atomic E-state index is 13.6. The van der Waals surface area contributed by atoms with Gasteiger partial charge in [0.1, 0.15) is 22.6 Å². The van der Waals surface area contributed by atoms with Crippen molar-refractivity contribution in [3.8, 4) is 0 Å². The standard InChI is InChI=1S/C12H15FN2O3S.C8H6FNO3.C4H11NOS/c1-8(14-19(18)12(2,3)4)10-7-9(15(16)17)5-6-11(10)13;1-5(11)7-4-6(10(12)13)2-3-8(7)9;1-4(2,3)7(5)6/h5-7H,1-4H3;2-4H,1H3;5H2,1-3H3/t19-;;7-/m1.1/s1. The molecular formula is C24H32F2N4O7S2. The summed E-state index contributed by atoms with van der Waals surface area (Å²) in [4.78, 5) is 30.4. The van der Waals surface area contributed by atoms with E-state index in [1.54, 1.807) is 20.8 Å². The minimum absolute atomic E-state index is 0.00759. The highest BCUT2D eigenvalue weighted by Crippen LogP contribution is 2.20. The number of rotatable bonds is 5. The number of carbonyl (C=O) groups is 1. The number of ketones is 1. The van der Waals surface area contributed by atoms with Gasteiger partial charge in [-0.3, -0.25) is 30.2 Å². The Morgan fingerprint density at radius 1 is 0.821 bits per heavy atom. The fraction of sp³-hybridized carbons (Fsp3) is 0.417. The van der Waals surface area contributed by atoms with Gasteiger partial charge in [0.15, 0.2) is 5.78 Å². The monoisotopic (exact) mass is 590 g/mol. The highest BCUT2D eigenvalue weighted by Gasteiger charge is 2.21. The predicted molar refractivity (Wildman–Crippen MR) is 148 cm³/mol. The van der Waals surface area contributed by atoms with E-state index in [0.29, 0.717) is 0 Å². The summed E-state index contributed by atoms with van der Waals surface area (Å²) in [7, 11) is -2.72. The molecule has 0 amide bonds. The summed E-state index contributed by atoms with van der Waals surface area (Å²) in [6.45, 7) is 13.4. The normalized spacial score (nSPS) is 13.2. The minimum atomic E-state index is -1.54. The van der Waals surface area contributed by atoms with E-state index in [1.165, 1.54) is 6.92 Å². The number of nitro benzene ring substituents is 2. The fourth-order valence-corrected chi connectivity index (χ4v) is 2.73. The molecule has 0 bridgehead atoms. The van der Waals surface area contributed by atoms with Crippen molar-refractivity contribution in [3.63, 3.8) is 0 Å². The first-order chi connectivity index (χ1) is 17.6. The molecule has 0 aromatic heterocycles. The van der Waals surface area contributed by atoms with Crippen LogP contribution in [0.5, 0.6) is 0 Å². The Morgan fingerprint density at radius 2 is 1.18 bits per heavy atom. The largest absolute Gasteiger partial charge is 0.294 e. The molecule has 0 aliphatic carbocycles. The van der Waals surface area contributed by atoms with E-state index in [-0.39, 0.29) is 33.0 Å². The smallest absolute Gasteiger partial charge is 0.270 e. The minimum Gasteiger partial charge on any atom is -0.294 e. The fourth-order valence-electron chi connectivity index (χ4n) is 2.11. The highest BCUT2D eigenvalue weighted by atomic mass is 32.2. The zero-order valence-corrected chi connectivity index (χ0v) is 24.4. The highest BCUT2D eigenvalue weighted by molar-refractivity contribution is 7.85. The lowest BCUT2D eigenvalue weighted by Crippen LogP contribution is -2.27. The predicted octanol–water partition coefficient (Wildman–Crippen LogP) is 5.35. The van der Waals surface area contributed by atoms with Crippen molar-refractivity contribution in [3.05, 3.63) is 79.4 Å². The molecule has 0 fully saturated rings. The van der Waals surface area contributed by atoms with Crippen molar-refractivity contribution < 1.29 is 31.8 Å². The molecule has 39 heavy (non-hydrogen) atoms. The van der Waals surface area contributed by atoms with Crippen LogP contribution in [0.1, 0.15) is 71.3 Å². The van der Waals surface area contributed by atoms with Gasteiger partial charge >= 0.3 is 0 Å². The Balaban J connectivity index is 0.000000622. The lowest BCUT2D eigenvalue weighted by molar-refractivity contribution is -0.385. The summed E-state index contributed by atoms with van der Waals surface area (Å²) >= 11 is 0. The Bertz CT molecular complexity index is 1300. The van der Waals surface area contributed by atoms with Crippen molar-refractivity contribution in [2.45, 2.75) is 64.9 Å². The molecule has 2 aromatic rings. The molecule has 2 rings (SSSR count). The van der Waals surface area contributed by atoms with Gasteiger partial charge < -0.3 is 0 Å². The van der Waals surface area contributed by atoms with E-state index in [1.807, 2.05) is 20.8 Å². The Labute approximate surface area is 230 Å². The van der Waals surface area contributed by atoms with Gasteiger partial charge in [0.05, 0.1) is 41.6 Å². The molecule has 0 saturated heterocycles. The van der Waals surface area contributed by atoms with E-state index < -0.39 is 54.0 Å². The summed E-state index contributed by atoms with van der Waals surface area (Å²) in [5.74, 6) is -1.89. The lowest BCUT2D eigenvalue weighted by Gasteiger charge is -2.14. The molecular weight excluding hydrogens is 558 g/mol. The molecule has 2 N–H and O–H groups in total. The van der Waals surface area contributed by atoms with Crippen LogP contribution in [0.15, 0.2) is 40.8 Å². The number of carbonyl (C=O) groups excluding carboxylic acids is 1. The Hall–Kier alpha value is -3.30. The van der Waals surface area contributed by atoms with E-state index >= 15 is 0 Å². The molecule has 0 radical (unpaired) electrons. The van der Waals surface area contributed by atoms with Crippen molar-refractivity contribution in [2.75, 3.05) is 0 Å². The van der Waals surface area contributed by atoms with E-state index in [2.05, 4.69) is 4.40 Å². The van der Waals surface area contributed by atoms with Crippen molar-refractivity contribution in [1.29, 1.82) is 0 Å². The summed E-state index contributed by atoms with van der Waals surface area (Å²) in [6, 6.07) is 6.03. The van der Waals surface area contributed by atoms with Crippen LogP contribution in [-0.2, 0) is 22.0 Å². The maximum Gasteiger partial charge on any atom is 0.270 e. The number of benzene rings is 2. The zero-order valence-electron chi connectivity index (χ0n) is 22.8. The van der Waals surface area contributed by atoms with Gasteiger partial charge in [-0.2, -0.15) is 4.40 Å². The average Bonchev–Trinajstić information content (AvgIpc) is 2.78. The number of Topliss-reactive ketones (excluding diaryl/α,β-unsaturated/α-hetero) is 1. The molecule has 0 saturated carbocycles. The summed E-state index contributed by atoms with van der Waals surface area (Å²) in [5, 5.41) is 26.0. The lowest BCUT2D eigenvalue weighted by atomic mass is 10.1. The first-order valence-electron chi connectivity index (χ1n) is 11.1. The second kappa shape index (κ2) is 14.7. The van der Waals surface area contributed by atoms with Crippen LogP contribution < -0.4 is 5.14 Å². The van der Waals surface area contributed by atoms with Crippen LogP contribution >= 0.6 is 0 Å². The average molecular weight is 591 g/mol. The number of non-ortho nitro benzene ring substituents is 2. The van der Waals surface area contributed by atoms with E-state index in [9.17, 15) is 42.2 Å². The molecule has 216 valence electrons. The van der Waals surface area contributed by atoms with Gasteiger partial charge in [-0.25, -0.2) is 17.2 Å². The first-order valence-corrected chi connectivity index (χ1v) is 13.4. The van der Waals surface area contributed by atoms with Crippen molar-refractivity contribution in [1.82, 2.24) is 0 Å². The van der Waals surface area contributed by atoms with Gasteiger partial charge in [0, 0.05) is 29.8 Å². The van der Waals surface area contributed by atoms with Gasteiger partial charge in [0.2, 0.25) is 0 Å².